The zero-order chi connectivity index (χ0) is 16.6. The number of amides is 1. The Labute approximate surface area is 135 Å². The summed E-state index contributed by atoms with van der Waals surface area (Å²) in [7, 11) is 0. The summed E-state index contributed by atoms with van der Waals surface area (Å²) in [5.74, 6) is 1.72. The fraction of sp³-hybridized carbons (Fsp3) is 0.529. The first-order chi connectivity index (χ1) is 10.9. The molecule has 1 aliphatic heterocycles. The number of hydrogen-bond acceptors (Lipinski definition) is 5. The van der Waals surface area contributed by atoms with Crippen molar-refractivity contribution in [2.45, 2.75) is 33.6 Å². The quantitative estimate of drug-likeness (QED) is 0.852. The third kappa shape index (κ3) is 3.11. The van der Waals surface area contributed by atoms with Crippen LogP contribution >= 0.6 is 0 Å². The molecule has 2 aromatic rings. The molecule has 3 heterocycles. The molecule has 6 nitrogen and oxygen atoms in total. The smallest absolute Gasteiger partial charge is 0.232 e. The van der Waals surface area contributed by atoms with E-state index >= 15 is 0 Å². The summed E-state index contributed by atoms with van der Waals surface area (Å²) < 4.78 is 5.47. The van der Waals surface area contributed by atoms with Crippen LogP contribution in [0.2, 0.25) is 0 Å². The lowest BCUT2D eigenvalue weighted by atomic mass is 9.95. The SMILES string of the molecule is C[C@H]1CN(C(=O)C(C)(C)C)C[C@@H]1c1nc(-c2ccncc2)no1. The molecule has 3 rings (SSSR count). The molecule has 1 saturated heterocycles. The highest BCUT2D eigenvalue weighted by molar-refractivity contribution is 5.81. The number of likely N-dealkylation sites (tertiary alicyclic amines) is 1. The van der Waals surface area contributed by atoms with E-state index in [9.17, 15) is 4.79 Å². The van der Waals surface area contributed by atoms with E-state index in [1.165, 1.54) is 0 Å². The van der Waals surface area contributed by atoms with Gasteiger partial charge >= 0.3 is 0 Å². The lowest BCUT2D eigenvalue weighted by molar-refractivity contribution is -0.138. The standard InChI is InChI=1S/C17H22N4O2/c1-11-9-21(16(22)17(2,3)4)10-13(11)15-19-14(20-23-15)12-5-7-18-8-6-12/h5-8,11,13H,9-10H2,1-4H3/t11-,13-/m0/s1. The fourth-order valence-electron chi connectivity index (χ4n) is 2.93. The third-order valence-electron chi connectivity index (χ3n) is 4.24. The Morgan fingerprint density at radius 3 is 2.61 bits per heavy atom. The first-order valence-electron chi connectivity index (χ1n) is 7.89. The molecule has 0 radical (unpaired) electrons. The molecule has 0 aromatic carbocycles. The van der Waals surface area contributed by atoms with Gasteiger partial charge in [-0.15, -0.1) is 0 Å². The van der Waals surface area contributed by atoms with E-state index in [1.807, 2.05) is 37.8 Å². The van der Waals surface area contributed by atoms with Crippen LogP contribution in [0.5, 0.6) is 0 Å². The van der Waals surface area contributed by atoms with Crippen LogP contribution in [0.4, 0.5) is 0 Å². The van der Waals surface area contributed by atoms with Crippen LogP contribution in [0, 0.1) is 11.3 Å². The van der Waals surface area contributed by atoms with Crippen LogP contribution in [0.1, 0.15) is 39.5 Å². The van der Waals surface area contributed by atoms with Gasteiger partial charge in [0.2, 0.25) is 17.6 Å². The molecule has 0 spiro atoms. The molecule has 122 valence electrons. The number of carbonyl (C=O) groups excluding carboxylic acids is 1. The number of rotatable bonds is 2. The first-order valence-corrected chi connectivity index (χ1v) is 7.89. The summed E-state index contributed by atoms with van der Waals surface area (Å²) in [5.41, 5.74) is 0.509. The lowest BCUT2D eigenvalue weighted by Gasteiger charge is -2.25. The summed E-state index contributed by atoms with van der Waals surface area (Å²) >= 11 is 0. The highest BCUT2D eigenvalue weighted by Gasteiger charge is 2.39. The van der Waals surface area contributed by atoms with Crippen molar-refractivity contribution in [2.75, 3.05) is 13.1 Å². The van der Waals surface area contributed by atoms with E-state index in [-0.39, 0.29) is 17.2 Å². The molecule has 1 aliphatic rings. The van der Waals surface area contributed by atoms with Crippen molar-refractivity contribution in [3.63, 3.8) is 0 Å². The molecule has 1 amide bonds. The minimum Gasteiger partial charge on any atom is -0.341 e. The summed E-state index contributed by atoms with van der Waals surface area (Å²) in [5, 5.41) is 4.07. The van der Waals surface area contributed by atoms with Crippen LogP contribution in [0.3, 0.4) is 0 Å². The fourth-order valence-corrected chi connectivity index (χ4v) is 2.93. The third-order valence-corrected chi connectivity index (χ3v) is 4.24. The highest BCUT2D eigenvalue weighted by Crippen LogP contribution is 2.34. The summed E-state index contributed by atoms with van der Waals surface area (Å²) in [6.45, 7) is 9.32. The van der Waals surface area contributed by atoms with Crippen molar-refractivity contribution >= 4 is 5.91 Å². The van der Waals surface area contributed by atoms with Gasteiger partial charge in [0, 0.05) is 36.5 Å². The summed E-state index contributed by atoms with van der Waals surface area (Å²) in [4.78, 5) is 22.9. The van der Waals surface area contributed by atoms with E-state index < -0.39 is 0 Å². The van der Waals surface area contributed by atoms with Crippen LogP contribution in [0.25, 0.3) is 11.4 Å². The lowest BCUT2D eigenvalue weighted by Crippen LogP contribution is -2.38. The first kappa shape index (κ1) is 15.6. The van der Waals surface area contributed by atoms with Crippen molar-refractivity contribution in [1.82, 2.24) is 20.0 Å². The van der Waals surface area contributed by atoms with Crippen LogP contribution in [0.15, 0.2) is 29.0 Å². The maximum absolute atomic E-state index is 12.5. The van der Waals surface area contributed by atoms with Crippen LogP contribution in [-0.4, -0.2) is 39.0 Å². The number of carbonyl (C=O) groups is 1. The number of pyridine rings is 1. The topological polar surface area (TPSA) is 72.1 Å². The monoisotopic (exact) mass is 314 g/mol. The number of aromatic nitrogens is 3. The maximum Gasteiger partial charge on any atom is 0.232 e. The van der Waals surface area contributed by atoms with E-state index in [4.69, 9.17) is 4.52 Å². The second kappa shape index (κ2) is 5.76. The minimum atomic E-state index is -0.369. The Bertz CT molecular complexity index is 690. The van der Waals surface area contributed by atoms with Crippen LogP contribution in [-0.2, 0) is 4.79 Å². The van der Waals surface area contributed by atoms with E-state index in [2.05, 4.69) is 22.0 Å². The zero-order valence-corrected chi connectivity index (χ0v) is 14.0. The Balaban J connectivity index is 1.78. The van der Waals surface area contributed by atoms with Gasteiger partial charge in [-0.25, -0.2) is 0 Å². The maximum atomic E-state index is 12.5. The molecule has 0 N–H and O–H groups in total. The van der Waals surface area contributed by atoms with Gasteiger partial charge in [0.05, 0.1) is 5.92 Å². The van der Waals surface area contributed by atoms with Crippen LogP contribution < -0.4 is 0 Å². The predicted molar refractivity (Wildman–Crippen MR) is 85.5 cm³/mol. The normalized spacial score (nSPS) is 21.7. The average Bonchev–Trinajstić information content (AvgIpc) is 3.13. The molecule has 0 aliphatic carbocycles. The van der Waals surface area contributed by atoms with Crippen molar-refractivity contribution in [1.29, 1.82) is 0 Å². The highest BCUT2D eigenvalue weighted by atomic mass is 16.5. The average molecular weight is 314 g/mol. The minimum absolute atomic E-state index is 0.0874. The molecular weight excluding hydrogens is 292 g/mol. The van der Waals surface area contributed by atoms with Gasteiger partial charge in [-0.3, -0.25) is 9.78 Å². The Morgan fingerprint density at radius 2 is 1.96 bits per heavy atom. The number of hydrogen-bond donors (Lipinski definition) is 0. The predicted octanol–water partition coefficient (Wildman–Crippen LogP) is 2.74. The van der Waals surface area contributed by atoms with Crippen molar-refractivity contribution in [2.24, 2.45) is 11.3 Å². The zero-order valence-electron chi connectivity index (χ0n) is 14.0. The molecule has 23 heavy (non-hydrogen) atoms. The van der Waals surface area contributed by atoms with Gasteiger partial charge in [-0.05, 0) is 18.1 Å². The Hall–Kier alpha value is -2.24. The van der Waals surface area contributed by atoms with Gasteiger partial charge in [-0.2, -0.15) is 4.98 Å². The van der Waals surface area contributed by atoms with Crippen molar-refractivity contribution < 1.29 is 9.32 Å². The molecule has 0 unspecified atom stereocenters. The van der Waals surface area contributed by atoms with Gasteiger partial charge in [0.15, 0.2) is 0 Å². The molecule has 6 heteroatoms. The van der Waals surface area contributed by atoms with E-state index in [0.717, 1.165) is 12.1 Å². The molecule has 0 bridgehead atoms. The Morgan fingerprint density at radius 1 is 1.26 bits per heavy atom. The van der Waals surface area contributed by atoms with Crippen molar-refractivity contribution in [3.05, 3.63) is 30.4 Å². The van der Waals surface area contributed by atoms with Gasteiger partial charge in [0.25, 0.3) is 0 Å². The second-order valence-corrected chi connectivity index (χ2v) is 7.24. The summed E-state index contributed by atoms with van der Waals surface area (Å²) in [6.07, 6.45) is 3.40. The second-order valence-electron chi connectivity index (χ2n) is 7.24. The van der Waals surface area contributed by atoms with Gasteiger partial charge in [-0.1, -0.05) is 32.9 Å². The molecule has 2 aromatic heterocycles. The van der Waals surface area contributed by atoms with E-state index in [0.29, 0.717) is 24.2 Å². The largest absolute Gasteiger partial charge is 0.341 e. The Kier molecular flexibility index (Phi) is 3.92. The molecule has 0 saturated carbocycles. The van der Waals surface area contributed by atoms with Gasteiger partial charge < -0.3 is 9.42 Å². The van der Waals surface area contributed by atoms with Crippen molar-refractivity contribution in [3.8, 4) is 11.4 Å². The van der Waals surface area contributed by atoms with Gasteiger partial charge in [0.1, 0.15) is 0 Å². The summed E-state index contributed by atoms with van der Waals surface area (Å²) in [6, 6.07) is 3.70. The van der Waals surface area contributed by atoms with E-state index in [1.54, 1.807) is 12.4 Å². The number of nitrogens with zero attached hydrogens (tertiary/aromatic N) is 4. The molecule has 1 fully saturated rings. The molecule has 2 atom stereocenters. The molecular formula is C17H22N4O2.